The van der Waals surface area contributed by atoms with Crippen LogP contribution < -0.4 is 20.1 Å². The Kier molecular flexibility index (Phi) is 7.50. The quantitative estimate of drug-likeness (QED) is 0.541. The molecule has 3 rings (SSSR count). The lowest BCUT2D eigenvalue weighted by atomic mass is 9.95. The summed E-state index contributed by atoms with van der Waals surface area (Å²) in [6.45, 7) is 2.33. The Balaban J connectivity index is 2.04. The average molecular weight is 495 g/mol. The van der Waals surface area contributed by atoms with Crippen molar-refractivity contribution in [2.24, 2.45) is 0 Å². The highest BCUT2D eigenvalue weighted by molar-refractivity contribution is 7.91. The van der Waals surface area contributed by atoms with E-state index in [1.165, 1.54) is 32.4 Å². The van der Waals surface area contributed by atoms with Crippen molar-refractivity contribution in [2.45, 2.75) is 17.9 Å². The van der Waals surface area contributed by atoms with E-state index in [1.807, 2.05) is 6.92 Å². The maximum absolute atomic E-state index is 13.1. The molecule has 2 aromatic carbocycles. The van der Waals surface area contributed by atoms with Gasteiger partial charge in [-0.2, -0.15) is 0 Å². The van der Waals surface area contributed by atoms with Gasteiger partial charge in [-0.15, -0.1) is 0 Å². The molecule has 0 unspecified atom stereocenters. The van der Waals surface area contributed by atoms with E-state index in [-0.39, 0.29) is 21.2 Å². The van der Waals surface area contributed by atoms with Crippen LogP contribution in [0.3, 0.4) is 0 Å². The Morgan fingerprint density at radius 1 is 1.12 bits per heavy atom. The number of rotatable bonds is 8. The summed E-state index contributed by atoms with van der Waals surface area (Å²) in [6.07, 6.45) is 0. The number of urea groups is 1. The second kappa shape index (κ2) is 10.1. The van der Waals surface area contributed by atoms with E-state index in [1.54, 1.807) is 24.3 Å². The number of benzene rings is 2. The Labute approximate surface area is 196 Å². The van der Waals surface area contributed by atoms with Crippen LogP contribution in [0.2, 0.25) is 5.02 Å². The van der Waals surface area contributed by atoms with Gasteiger partial charge in [0.05, 0.1) is 48.1 Å². The molecule has 1 heterocycles. The number of hydrogen-bond donors (Lipinski definition) is 2. The van der Waals surface area contributed by atoms with Crippen molar-refractivity contribution >= 4 is 33.4 Å². The Hall–Kier alpha value is -3.24. The summed E-state index contributed by atoms with van der Waals surface area (Å²) in [5.41, 5.74) is 0.442. The maximum atomic E-state index is 13.1. The van der Waals surface area contributed by atoms with Crippen LogP contribution in [0, 0.1) is 0 Å². The van der Waals surface area contributed by atoms with Gasteiger partial charge in [0.2, 0.25) is 0 Å². The largest absolute Gasteiger partial charge is 0.495 e. The fourth-order valence-electron chi connectivity index (χ4n) is 3.37. The van der Waals surface area contributed by atoms with Crippen molar-refractivity contribution in [2.75, 3.05) is 26.6 Å². The molecule has 0 aliphatic carbocycles. The standard InChI is InChI=1S/C22H23ClN2O7S/c1-4-32-14-7-5-13(6-8-14)20-19(21(26)31-3)17(24-22(27)25-20)12-33(28,29)15-9-10-18(30-2)16(23)11-15/h5-11,20H,4,12H2,1-3H3,(H2,24,25,27)/t20-/m1/s1. The lowest BCUT2D eigenvalue weighted by Gasteiger charge is -2.29. The molecule has 0 fully saturated rings. The fourth-order valence-corrected chi connectivity index (χ4v) is 5.04. The Morgan fingerprint density at radius 3 is 2.39 bits per heavy atom. The summed E-state index contributed by atoms with van der Waals surface area (Å²) in [5, 5.41) is 5.20. The zero-order valence-corrected chi connectivity index (χ0v) is 19.7. The van der Waals surface area contributed by atoms with Crippen molar-refractivity contribution in [1.29, 1.82) is 0 Å². The number of carbonyl (C=O) groups excluding carboxylic acids is 2. The van der Waals surface area contributed by atoms with Gasteiger partial charge in [0.1, 0.15) is 11.5 Å². The number of sulfone groups is 1. The minimum Gasteiger partial charge on any atom is -0.495 e. The molecule has 1 aliphatic heterocycles. The molecule has 11 heteroatoms. The first-order chi connectivity index (χ1) is 15.7. The fraction of sp³-hybridized carbons (Fsp3) is 0.273. The van der Waals surface area contributed by atoms with Gasteiger partial charge < -0.3 is 24.8 Å². The highest BCUT2D eigenvalue weighted by Gasteiger charge is 2.35. The highest BCUT2D eigenvalue weighted by atomic mass is 35.5. The number of carbonyl (C=O) groups is 2. The third-order valence-corrected chi connectivity index (χ3v) is 6.84. The molecule has 2 amide bonds. The van der Waals surface area contributed by atoms with Crippen molar-refractivity contribution in [3.05, 3.63) is 64.3 Å². The third kappa shape index (κ3) is 5.40. The molecule has 9 nitrogen and oxygen atoms in total. The van der Waals surface area contributed by atoms with Crippen molar-refractivity contribution in [1.82, 2.24) is 10.6 Å². The van der Waals surface area contributed by atoms with Gasteiger partial charge in [0.15, 0.2) is 9.84 Å². The van der Waals surface area contributed by atoms with Crippen molar-refractivity contribution in [3.63, 3.8) is 0 Å². The number of hydrogen-bond acceptors (Lipinski definition) is 7. The number of nitrogens with one attached hydrogen (secondary N) is 2. The Bertz CT molecular complexity index is 1190. The monoisotopic (exact) mass is 494 g/mol. The number of amides is 2. The summed E-state index contributed by atoms with van der Waals surface area (Å²) >= 11 is 6.08. The number of halogens is 1. The summed E-state index contributed by atoms with van der Waals surface area (Å²) in [4.78, 5) is 25.0. The highest BCUT2D eigenvalue weighted by Crippen LogP contribution is 2.32. The predicted octanol–water partition coefficient (Wildman–Crippen LogP) is 3.00. The van der Waals surface area contributed by atoms with E-state index in [0.29, 0.717) is 23.7 Å². The zero-order chi connectivity index (χ0) is 24.2. The lowest BCUT2D eigenvalue weighted by Crippen LogP contribution is -2.47. The second-order valence-corrected chi connectivity index (χ2v) is 9.37. The van der Waals surface area contributed by atoms with Gasteiger partial charge in [0, 0.05) is 5.70 Å². The van der Waals surface area contributed by atoms with Gasteiger partial charge in [-0.05, 0) is 42.8 Å². The minimum absolute atomic E-state index is 0.0237. The SMILES string of the molecule is CCOc1ccc([C@H]2NC(=O)NC(CS(=O)(=O)c3ccc(OC)c(Cl)c3)=C2C(=O)OC)cc1. The van der Waals surface area contributed by atoms with Crippen LogP contribution in [0.1, 0.15) is 18.5 Å². The molecule has 0 bridgehead atoms. The van der Waals surface area contributed by atoms with Crippen LogP contribution in [-0.2, 0) is 19.4 Å². The molecule has 0 aromatic heterocycles. The number of methoxy groups -OCH3 is 2. The van der Waals surface area contributed by atoms with Gasteiger partial charge in [-0.25, -0.2) is 18.0 Å². The van der Waals surface area contributed by atoms with E-state index in [9.17, 15) is 18.0 Å². The van der Waals surface area contributed by atoms with Crippen molar-refractivity contribution < 1.29 is 32.2 Å². The normalized spacial score (nSPS) is 16.0. The van der Waals surface area contributed by atoms with E-state index >= 15 is 0 Å². The molecule has 0 saturated carbocycles. The summed E-state index contributed by atoms with van der Waals surface area (Å²) in [7, 11) is -1.41. The van der Waals surface area contributed by atoms with Gasteiger partial charge >= 0.3 is 12.0 Å². The molecule has 0 saturated heterocycles. The minimum atomic E-state index is -3.99. The molecule has 2 N–H and O–H groups in total. The van der Waals surface area contributed by atoms with E-state index in [0.717, 1.165) is 0 Å². The van der Waals surface area contributed by atoms with Crippen LogP contribution >= 0.6 is 11.6 Å². The first kappa shape index (κ1) is 24.4. The van der Waals surface area contributed by atoms with Gasteiger partial charge in [-0.1, -0.05) is 23.7 Å². The third-order valence-electron chi connectivity index (χ3n) is 4.90. The molecule has 1 atom stereocenters. The topological polar surface area (TPSA) is 120 Å². The molecule has 33 heavy (non-hydrogen) atoms. The molecular formula is C22H23ClN2O7S. The van der Waals surface area contributed by atoms with E-state index in [2.05, 4.69) is 10.6 Å². The Morgan fingerprint density at radius 2 is 1.82 bits per heavy atom. The van der Waals surface area contributed by atoms with Crippen LogP contribution in [0.5, 0.6) is 11.5 Å². The van der Waals surface area contributed by atoms with Gasteiger partial charge in [-0.3, -0.25) is 0 Å². The molecule has 176 valence electrons. The lowest BCUT2D eigenvalue weighted by molar-refractivity contribution is -0.136. The predicted molar refractivity (Wildman–Crippen MR) is 121 cm³/mol. The zero-order valence-electron chi connectivity index (χ0n) is 18.2. The van der Waals surface area contributed by atoms with Crippen LogP contribution in [-0.4, -0.2) is 47.0 Å². The number of ether oxygens (including phenoxy) is 3. The van der Waals surface area contributed by atoms with Crippen LogP contribution in [0.4, 0.5) is 4.79 Å². The number of esters is 1. The first-order valence-corrected chi connectivity index (χ1v) is 11.9. The summed E-state index contributed by atoms with van der Waals surface area (Å²) in [6, 6.07) is 9.18. The maximum Gasteiger partial charge on any atom is 0.338 e. The van der Waals surface area contributed by atoms with Gasteiger partial charge in [0.25, 0.3) is 0 Å². The molecule has 0 spiro atoms. The van der Waals surface area contributed by atoms with Crippen molar-refractivity contribution in [3.8, 4) is 11.5 Å². The smallest absolute Gasteiger partial charge is 0.338 e. The van der Waals surface area contributed by atoms with Crippen LogP contribution in [0.15, 0.2) is 58.6 Å². The molecule has 1 aliphatic rings. The summed E-state index contributed by atoms with van der Waals surface area (Å²) in [5.74, 6) is -0.499. The van der Waals surface area contributed by atoms with E-state index < -0.39 is 33.6 Å². The van der Waals surface area contributed by atoms with E-state index in [4.69, 9.17) is 25.8 Å². The average Bonchev–Trinajstić information content (AvgIpc) is 2.78. The molecular weight excluding hydrogens is 472 g/mol. The summed E-state index contributed by atoms with van der Waals surface area (Å²) < 4.78 is 41.6. The second-order valence-electron chi connectivity index (χ2n) is 6.97. The van der Waals surface area contributed by atoms with Crippen LogP contribution in [0.25, 0.3) is 0 Å². The molecule has 2 aromatic rings. The molecule has 0 radical (unpaired) electrons. The first-order valence-electron chi connectivity index (χ1n) is 9.88.